The second-order valence-corrected chi connectivity index (χ2v) is 6.65. The Morgan fingerprint density at radius 2 is 1.83 bits per heavy atom. The maximum Gasteiger partial charge on any atom is 0.344 e. The molecule has 23 heavy (non-hydrogen) atoms. The number of aromatic nitrogens is 2. The van der Waals surface area contributed by atoms with E-state index in [0.29, 0.717) is 28.2 Å². The standard InChI is InChI=1S/C15H15Cl3N4O/c16-12-8-19-22(10-12)15(23)21-5-3-20(4-6-21)9-11-1-2-13(17)14(18)7-11/h1-2,7-8,10H,3-6,9H2. The highest BCUT2D eigenvalue weighted by Gasteiger charge is 2.22. The molecule has 0 unspecified atom stereocenters. The molecule has 0 spiro atoms. The van der Waals surface area contributed by atoms with Gasteiger partial charge in [0.1, 0.15) is 0 Å². The molecule has 0 aliphatic carbocycles. The van der Waals surface area contributed by atoms with Crippen LogP contribution in [0.1, 0.15) is 5.56 Å². The van der Waals surface area contributed by atoms with Gasteiger partial charge in [0.15, 0.2) is 0 Å². The fourth-order valence-corrected chi connectivity index (χ4v) is 3.00. The summed E-state index contributed by atoms with van der Waals surface area (Å²) in [5.74, 6) is 0. The zero-order valence-electron chi connectivity index (χ0n) is 12.3. The lowest BCUT2D eigenvalue weighted by atomic mass is 10.2. The van der Waals surface area contributed by atoms with Crippen molar-refractivity contribution in [2.24, 2.45) is 0 Å². The van der Waals surface area contributed by atoms with E-state index in [2.05, 4.69) is 10.00 Å². The number of carbonyl (C=O) groups is 1. The van der Waals surface area contributed by atoms with Crippen molar-refractivity contribution in [3.05, 3.63) is 51.2 Å². The smallest absolute Gasteiger partial charge is 0.320 e. The minimum absolute atomic E-state index is 0.147. The Balaban J connectivity index is 1.56. The molecule has 0 atom stereocenters. The van der Waals surface area contributed by atoms with Crippen molar-refractivity contribution in [3.8, 4) is 0 Å². The fourth-order valence-electron chi connectivity index (χ4n) is 2.54. The molecule has 1 aromatic carbocycles. The Labute approximate surface area is 149 Å². The number of halogens is 3. The van der Waals surface area contributed by atoms with Gasteiger partial charge < -0.3 is 4.90 Å². The summed E-state index contributed by atoms with van der Waals surface area (Å²) in [6, 6.07) is 5.51. The number of rotatable bonds is 2. The van der Waals surface area contributed by atoms with Gasteiger partial charge in [-0.05, 0) is 17.7 Å². The highest BCUT2D eigenvalue weighted by molar-refractivity contribution is 6.42. The Hall–Kier alpha value is -1.27. The van der Waals surface area contributed by atoms with E-state index in [-0.39, 0.29) is 6.03 Å². The first-order valence-corrected chi connectivity index (χ1v) is 8.32. The lowest BCUT2D eigenvalue weighted by Crippen LogP contribution is -2.49. The van der Waals surface area contributed by atoms with E-state index in [0.717, 1.165) is 25.2 Å². The van der Waals surface area contributed by atoms with Crippen molar-refractivity contribution in [3.63, 3.8) is 0 Å². The molecule has 122 valence electrons. The van der Waals surface area contributed by atoms with E-state index >= 15 is 0 Å². The van der Waals surface area contributed by atoms with E-state index in [1.165, 1.54) is 17.1 Å². The van der Waals surface area contributed by atoms with Gasteiger partial charge in [-0.1, -0.05) is 40.9 Å². The molecule has 3 rings (SSSR count). The second kappa shape index (κ2) is 7.09. The van der Waals surface area contributed by atoms with Crippen LogP contribution in [0.25, 0.3) is 0 Å². The minimum Gasteiger partial charge on any atom is -0.320 e. The van der Waals surface area contributed by atoms with Crippen molar-refractivity contribution in [2.45, 2.75) is 6.54 Å². The van der Waals surface area contributed by atoms with E-state index < -0.39 is 0 Å². The lowest BCUT2D eigenvalue weighted by molar-refractivity contribution is 0.134. The summed E-state index contributed by atoms with van der Waals surface area (Å²) in [6.07, 6.45) is 2.98. The van der Waals surface area contributed by atoms with Crippen LogP contribution < -0.4 is 0 Å². The van der Waals surface area contributed by atoms with Gasteiger partial charge in [0.2, 0.25) is 0 Å². The molecule has 0 saturated carbocycles. The molecule has 0 radical (unpaired) electrons. The molecule has 0 N–H and O–H groups in total. The van der Waals surface area contributed by atoms with Crippen LogP contribution in [-0.4, -0.2) is 51.8 Å². The van der Waals surface area contributed by atoms with E-state index in [4.69, 9.17) is 34.8 Å². The van der Waals surface area contributed by atoms with Gasteiger partial charge in [-0.3, -0.25) is 4.90 Å². The number of nitrogens with zero attached hydrogens (tertiary/aromatic N) is 4. The van der Waals surface area contributed by atoms with E-state index in [1.54, 1.807) is 11.0 Å². The number of piperazine rings is 1. The number of benzene rings is 1. The summed E-state index contributed by atoms with van der Waals surface area (Å²) in [5, 5.41) is 5.53. The molecule has 1 saturated heterocycles. The average Bonchev–Trinajstić information content (AvgIpc) is 2.97. The van der Waals surface area contributed by atoms with Gasteiger partial charge in [-0.25, -0.2) is 4.79 Å². The topological polar surface area (TPSA) is 41.4 Å². The van der Waals surface area contributed by atoms with Crippen molar-refractivity contribution >= 4 is 40.8 Å². The fraction of sp³-hybridized carbons (Fsp3) is 0.333. The van der Waals surface area contributed by atoms with Crippen LogP contribution in [0, 0.1) is 0 Å². The van der Waals surface area contributed by atoms with Crippen molar-refractivity contribution in [2.75, 3.05) is 26.2 Å². The molecular formula is C15H15Cl3N4O. The predicted molar refractivity (Wildman–Crippen MR) is 91.3 cm³/mol. The SMILES string of the molecule is O=C(N1CCN(Cc2ccc(Cl)c(Cl)c2)CC1)n1cc(Cl)cn1. The van der Waals surface area contributed by atoms with Gasteiger partial charge in [-0.2, -0.15) is 9.78 Å². The van der Waals surface area contributed by atoms with Gasteiger partial charge in [-0.15, -0.1) is 0 Å². The van der Waals surface area contributed by atoms with Crippen LogP contribution in [-0.2, 0) is 6.54 Å². The zero-order valence-corrected chi connectivity index (χ0v) is 14.5. The third-order valence-electron chi connectivity index (χ3n) is 3.78. The first-order valence-electron chi connectivity index (χ1n) is 7.18. The van der Waals surface area contributed by atoms with Crippen LogP contribution >= 0.6 is 34.8 Å². The molecule has 8 heteroatoms. The summed E-state index contributed by atoms with van der Waals surface area (Å²) in [5.41, 5.74) is 1.11. The maximum absolute atomic E-state index is 12.3. The van der Waals surface area contributed by atoms with Crippen LogP contribution in [0.3, 0.4) is 0 Å². The maximum atomic E-state index is 12.3. The Morgan fingerprint density at radius 1 is 1.09 bits per heavy atom. The average molecular weight is 374 g/mol. The summed E-state index contributed by atoms with van der Waals surface area (Å²) in [6.45, 7) is 3.67. The van der Waals surface area contributed by atoms with Crippen LogP contribution in [0.15, 0.2) is 30.6 Å². The van der Waals surface area contributed by atoms with Crippen LogP contribution in [0.4, 0.5) is 4.79 Å². The molecule has 1 aliphatic heterocycles. The van der Waals surface area contributed by atoms with Crippen molar-refractivity contribution in [1.29, 1.82) is 0 Å². The minimum atomic E-state index is -0.147. The molecule has 1 fully saturated rings. The molecule has 1 aliphatic rings. The Morgan fingerprint density at radius 3 is 2.43 bits per heavy atom. The highest BCUT2D eigenvalue weighted by atomic mass is 35.5. The summed E-state index contributed by atoms with van der Waals surface area (Å²) in [7, 11) is 0. The third-order valence-corrected chi connectivity index (χ3v) is 4.71. The first kappa shape index (κ1) is 16.6. The quantitative estimate of drug-likeness (QED) is 0.807. The van der Waals surface area contributed by atoms with E-state index in [1.807, 2.05) is 12.1 Å². The number of hydrogen-bond acceptors (Lipinski definition) is 3. The van der Waals surface area contributed by atoms with Crippen molar-refractivity contribution < 1.29 is 4.79 Å². The molecule has 0 bridgehead atoms. The summed E-state index contributed by atoms with van der Waals surface area (Å²) in [4.78, 5) is 16.3. The normalized spacial score (nSPS) is 15.9. The number of hydrogen-bond donors (Lipinski definition) is 0. The Bertz CT molecular complexity index is 710. The van der Waals surface area contributed by atoms with Crippen LogP contribution in [0.2, 0.25) is 15.1 Å². The molecule has 2 heterocycles. The Kier molecular flexibility index (Phi) is 5.11. The van der Waals surface area contributed by atoms with Gasteiger partial charge in [0, 0.05) is 32.7 Å². The number of amides is 1. The first-order chi connectivity index (χ1) is 11.0. The monoisotopic (exact) mass is 372 g/mol. The van der Waals surface area contributed by atoms with Gasteiger partial charge >= 0.3 is 6.03 Å². The van der Waals surface area contributed by atoms with Gasteiger partial charge in [0.05, 0.1) is 27.5 Å². The van der Waals surface area contributed by atoms with Crippen molar-refractivity contribution in [1.82, 2.24) is 19.6 Å². The van der Waals surface area contributed by atoms with Gasteiger partial charge in [0.25, 0.3) is 0 Å². The zero-order chi connectivity index (χ0) is 16.4. The summed E-state index contributed by atoms with van der Waals surface area (Å²) < 4.78 is 1.27. The predicted octanol–water partition coefficient (Wildman–Crippen LogP) is 3.63. The summed E-state index contributed by atoms with van der Waals surface area (Å²) >= 11 is 17.8. The lowest BCUT2D eigenvalue weighted by Gasteiger charge is -2.34. The second-order valence-electron chi connectivity index (χ2n) is 5.40. The molecule has 1 amide bonds. The molecule has 5 nitrogen and oxygen atoms in total. The largest absolute Gasteiger partial charge is 0.344 e. The van der Waals surface area contributed by atoms with E-state index in [9.17, 15) is 4.79 Å². The molecule has 1 aromatic heterocycles. The molecular weight excluding hydrogens is 359 g/mol. The third kappa shape index (κ3) is 3.98. The highest BCUT2D eigenvalue weighted by Crippen LogP contribution is 2.23. The van der Waals surface area contributed by atoms with Crippen LogP contribution in [0.5, 0.6) is 0 Å². The number of carbonyl (C=O) groups excluding carboxylic acids is 1. The molecule has 2 aromatic rings.